The van der Waals surface area contributed by atoms with Gasteiger partial charge in [-0.2, -0.15) is 0 Å². The molecule has 0 bridgehead atoms. The first-order valence-corrected chi connectivity index (χ1v) is 6.68. The molecule has 0 atom stereocenters. The van der Waals surface area contributed by atoms with Gasteiger partial charge in [-0.1, -0.05) is 11.6 Å². The van der Waals surface area contributed by atoms with Gasteiger partial charge in [0.25, 0.3) is 0 Å². The highest BCUT2D eigenvalue weighted by atomic mass is 79.9. The molecular formula is C11H13BrClN3O2. The zero-order valence-corrected chi connectivity index (χ0v) is 11.9. The molecule has 0 aliphatic heterocycles. The SMILES string of the molecule is O=C(NCC1(CO)CC1)Nc1cncc(Br)c1Cl. The summed E-state index contributed by atoms with van der Waals surface area (Å²) < 4.78 is 0.621. The van der Waals surface area contributed by atoms with Crippen molar-refractivity contribution in [3.05, 3.63) is 21.9 Å². The molecule has 1 aromatic heterocycles. The number of carbonyl (C=O) groups is 1. The second kappa shape index (κ2) is 5.42. The highest BCUT2D eigenvalue weighted by molar-refractivity contribution is 9.10. The summed E-state index contributed by atoms with van der Waals surface area (Å²) in [5, 5.41) is 14.9. The molecule has 5 nitrogen and oxygen atoms in total. The van der Waals surface area contributed by atoms with Crippen LogP contribution in [-0.2, 0) is 0 Å². The van der Waals surface area contributed by atoms with Gasteiger partial charge in [-0.25, -0.2) is 4.79 Å². The van der Waals surface area contributed by atoms with E-state index in [1.54, 1.807) is 6.20 Å². The molecule has 1 aromatic rings. The van der Waals surface area contributed by atoms with Crippen LogP contribution in [-0.4, -0.2) is 29.3 Å². The number of nitrogens with one attached hydrogen (secondary N) is 2. The van der Waals surface area contributed by atoms with E-state index in [2.05, 4.69) is 31.5 Å². The molecule has 1 aliphatic rings. The van der Waals surface area contributed by atoms with Gasteiger partial charge < -0.3 is 15.7 Å². The van der Waals surface area contributed by atoms with Crippen LogP contribution >= 0.6 is 27.5 Å². The smallest absolute Gasteiger partial charge is 0.319 e. The molecule has 0 saturated heterocycles. The van der Waals surface area contributed by atoms with Crippen molar-refractivity contribution in [2.24, 2.45) is 5.41 Å². The predicted molar refractivity (Wildman–Crippen MR) is 72.7 cm³/mol. The Balaban J connectivity index is 1.89. The van der Waals surface area contributed by atoms with Gasteiger partial charge in [0.1, 0.15) is 0 Å². The number of amides is 2. The van der Waals surface area contributed by atoms with E-state index in [-0.39, 0.29) is 18.1 Å². The lowest BCUT2D eigenvalue weighted by Crippen LogP contribution is -2.35. The van der Waals surface area contributed by atoms with E-state index >= 15 is 0 Å². The topological polar surface area (TPSA) is 74.2 Å². The molecule has 1 aliphatic carbocycles. The molecule has 2 rings (SSSR count). The average Bonchev–Trinajstić information content (AvgIpc) is 3.13. The molecule has 1 saturated carbocycles. The van der Waals surface area contributed by atoms with Crippen LogP contribution in [0.5, 0.6) is 0 Å². The van der Waals surface area contributed by atoms with E-state index in [4.69, 9.17) is 16.7 Å². The standard InChI is InChI=1S/C11H13BrClN3O2/c12-7-3-14-4-8(9(7)13)16-10(18)15-5-11(6-17)1-2-11/h3-4,17H,1-2,5-6H2,(H2,15,16,18). The van der Waals surface area contributed by atoms with Crippen molar-refractivity contribution in [1.29, 1.82) is 0 Å². The summed E-state index contributed by atoms with van der Waals surface area (Å²) in [5.74, 6) is 0. The summed E-state index contributed by atoms with van der Waals surface area (Å²) in [4.78, 5) is 15.6. The Hall–Kier alpha value is -0.850. The van der Waals surface area contributed by atoms with Crippen LogP contribution in [0.3, 0.4) is 0 Å². The fraction of sp³-hybridized carbons (Fsp3) is 0.455. The summed E-state index contributed by atoms with van der Waals surface area (Å²) >= 11 is 9.23. The van der Waals surface area contributed by atoms with Gasteiger partial charge in [-0.15, -0.1) is 0 Å². The molecule has 0 aromatic carbocycles. The maximum Gasteiger partial charge on any atom is 0.319 e. The minimum Gasteiger partial charge on any atom is -0.396 e. The van der Waals surface area contributed by atoms with Crippen molar-refractivity contribution in [2.75, 3.05) is 18.5 Å². The summed E-state index contributed by atoms with van der Waals surface area (Å²) in [7, 11) is 0. The van der Waals surface area contributed by atoms with E-state index in [1.807, 2.05) is 0 Å². The summed E-state index contributed by atoms with van der Waals surface area (Å²) in [6, 6.07) is -0.350. The molecule has 0 radical (unpaired) electrons. The zero-order chi connectivity index (χ0) is 13.2. The number of halogens is 2. The van der Waals surface area contributed by atoms with Crippen LogP contribution in [0.15, 0.2) is 16.9 Å². The number of hydrogen-bond acceptors (Lipinski definition) is 3. The normalized spacial score (nSPS) is 16.2. The Morgan fingerprint density at radius 1 is 1.56 bits per heavy atom. The maximum absolute atomic E-state index is 11.7. The van der Waals surface area contributed by atoms with Crippen molar-refractivity contribution in [3.8, 4) is 0 Å². The van der Waals surface area contributed by atoms with Crippen molar-refractivity contribution in [1.82, 2.24) is 10.3 Å². The van der Waals surface area contributed by atoms with Gasteiger partial charge in [-0.3, -0.25) is 4.98 Å². The van der Waals surface area contributed by atoms with Crippen molar-refractivity contribution in [2.45, 2.75) is 12.8 Å². The molecule has 2 amide bonds. The first-order valence-electron chi connectivity index (χ1n) is 5.51. The van der Waals surface area contributed by atoms with Gasteiger partial charge in [0, 0.05) is 18.2 Å². The fourth-order valence-electron chi connectivity index (χ4n) is 1.51. The monoisotopic (exact) mass is 333 g/mol. The lowest BCUT2D eigenvalue weighted by molar-refractivity contribution is 0.206. The van der Waals surface area contributed by atoms with Crippen molar-refractivity contribution >= 4 is 39.2 Å². The minimum atomic E-state index is -0.350. The second-order valence-corrected chi connectivity index (χ2v) is 5.68. The van der Waals surface area contributed by atoms with Crippen LogP contribution in [0.4, 0.5) is 10.5 Å². The third-order valence-electron chi connectivity index (χ3n) is 3.00. The van der Waals surface area contributed by atoms with E-state index in [1.165, 1.54) is 6.20 Å². The van der Waals surface area contributed by atoms with Gasteiger partial charge in [-0.05, 0) is 28.8 Å². The molecular weight excluding hydrogens is 321 g/mol. The zero-order valence-electron chi connectivity index (χ0n) is 9.54. The summed E-state index contributed by atoms with van der Waals surface area (Å²) in [5.41, 5.74) is 0.328. The molecule has 3 N–H and O–H groups in total. The second-order valence-electron chi connectivity index (χ2n) is 4.45. The van der Waals surface area contributed by atoms with Crippen LogP contribution in [0.2, 0.25) is 5.02 Å². The third kappa shape index (κ3) is 3.13. The van der Waals surface area contributed by atoms with E-state index in [0.29, 0.717) is 21.7 Å². The first-order chi connectivity index (χ1) is 8.56. The number of aliphatic hydroxyl groups excluding tert-OH is 1. The molecule has 7 heteroatoms. The van der Waals surface area contributed by atoms with E-state index < -0.39 is 0 Å². The van der Waals surface area contributed by atoms with E-state index in [9.17, 15) is 4.79 Å². The Morgan fingerprint density at radius 2 is 2.28 bits per heavy atom. The molecule has 1 heterocycles. The summed E-state index contributed by atoms with van der Waals surface area (Å²) in [6.07, 6.45) is 4.92. The number of aliphatic hydroxyl groups is 1. The van der Waals surface area contributed by atoms with Crippen LogP contribution in [0.25, 0.3) is 0 Å². The maximum atomic E-state index is 11.7. The molecule has 0 unspecified atom stereocenters. The van der Waals surface area contributed by atoms with Crippen molar-refractivity contribution in [3.63, 3.8) is 0 Å². The molecule has 1 fully saturated rings. The molecule has 0 spiro atoms. The average molecular weight is 335 g/mol. The van der Waals surface area contributed by atoms with Gasteiger partial charge in [0.2, 0.25) is 0 Å². The van der Waals surface area contributed by atoms with E-state index in [0.717, 1.165) is 12.8 Å². The largest absolute Gasteiger partial charge is 0.396 e. The first kappa shape index (κ1) is 13.6. The predicted octanol–water partition coefficient (Wildman–Crippen LogP) is 2.39. The highest BCUT2D eigenvalue weighted by Crippen LogP contribution is 2.44. The lowest BCUT2D eigenvalue weighted by Gasteiger charge is -2.14. The van der Waals surface area contributed by atoms with Gasteiger partial charge in [0.15, 0.2) is 0 Å². The Morgan fingerprint density at radius 3 is 2.89 bits per heavy atom. The van der Waals surface area contributed by atoms with Crippen LogP contribution in [0.1, 0.15) is 12.8 Å². The number of pyridine rings is 1. The minimum absolute atomic E-state index is 0.104. The lowest BCUT2D eigenvalue weighted by atomic mass is 10.1. The third-order valence-corrected chi connectivity index (χ3v) is 4.24. The number of aromatic nitrogens is 1. The number of urea groups is 1. The number of hydrogen-bond donors (Lipinski definition) is 3. The van der Waals surface area contributed by atoms with Crippen molar-refractivity contribution < 1.29 is 9.90 Å². The quantitative estimate of drug-likeness (QED) is 0.791. The van der Waals surface area contributed by atoms with Crippen LogP contribution in [0, 0.1) is 5.41 Å². The van der Waals surface area contributed by atoms with Gasteiger partial charge in [0.05, 0.1) is 28.0 Å². The number of nitrogens with zero attached hydrogens (tertiary/aromatic N) is 1. The Kier molecular flexibility index (Phi) is 4.09. The highest BCUT2D eigenvalue weighted by Gasteiger charge is 2.42. The molecule has 98 valence electrons. The summed E-state index contributed by atoms with van der Waals surface area (Å²) in [6.45, 7) is 0.570. The Labute approximate surface area is 118 Å². The van der Waals surface area contributed by atoms with Crippen LogP contribution < -0.4 is 10.6 Å². The Bertz CT molecular complexity index is 466. The van der Waals surface area contributed by atoms with Gasteiger partial charge >= 0.3 is 6.03 Å². The number of carbonyl (C=O) groups excluding carboxylic acids is 1. The number of anilines is 1. The fourth-order valence-corrected chi connectivity index (χ4v) is 1.98. The molecule has 18 heavy (non-hydrogen) atoms. The number of rotatable bonds is 4.